The number of anilines is 1. The van der Waals surface area contributed by atoms with Gasteiger partial charge in [0.15, 0.2) is 0 Å². The van der Waals surface area contributed by atoms with Crippen molar-refractivity contribution in [3.63, 3.8) is 0 Å². The predicted octanol–water partition coefficient (Wildman–Crippen LogP) is 6.77. The van der Waals surface area contributed by atoms with Crippen molar-refractivity contribution >= 4 is 75.4 Å². The number of fused-ring (bicyclic) bond motifs is 2. The molecule has 0 saturated carbocycles. The minimum atomic E-state index is -0.765. The standard InChI is InChI=1S/C27H17Cl3N2O4S2/c28-14-3-1-13(2-4-14)12-36-19-10-7-16(30)11-18(19)20-21-23(37-24-22(20)38-27(35)31-24)26(34)32(25(21)33)17-8-5-15(29)6-9-17/h1-11,20-21,23H,12H2,(H,31,35)/t20-,21?,23?/m1/s1. The fraction of sp³-hybridized carbons (Fsp3) is 0.148. The molecule has 3 aromatic carbocycles. The maximum atomic E-state index is 13.9. The number of aromatic nitrogens is 1. The summed E-state index contributed by atoms with van der Waals surface area (Å²) < 4.78 is 6.21. The van der Waals surface area contributed by atoms with Crippen molar-refractivity contribution in [2.45, 2.75) is 22.8 Å². The van der Waals surface area contributed by atoms with Crippen molar-refractivity contribution < 1.29 is 14.3 Å². The molecule has 1 fully saturated rings. The Bertz CT molecular complexity index is 1620. The lowest BCUT2D eigenvalue weighted by Gasteiger charge is -2.31. The number of thioether (sulfide) groups is 1. The molecule has 3 atom stereocenters. The summed E-state index contributed by atoms with van der Waals surface area (Å²) in [6.45, 7) is 0.251. The molecule has 6 nitrogen and oxygen atoms in total. The van der Waals surface area contributed by atoms with Crippen LogP contribution >= 0.6 is 57.9 Å². The number of hydrogen-bond donors (Lipinski definition) is 1. The number of nitrogens with zero attached hydrogens (tertiary/aromatic N) is 1. The summed E-state index contributed by atoms with van der Waals surface area (Å²) >= 11 is 20.7. The van der Waals surface area contributed by atoms with E-state index < -0.39 is 17.1 Å². The van der Waals surface area contributed by atoms with E-state index in [1.165, 1.54) is 16.7 Å². The highest BCUT2D eigenvalue weighted by molar-refractivity contribution is 8.00. The molecule has 1 saturated heterocycles. The van der Waals surface area contributed by atoms with Crippen LogP contribution in [0.2, 0.25) is 15.1 Å². The molecular formula is C27H17Cl3N2O4S2. The largest absolute Gasteiger partial charge is 0.489 e. The molecule has 11 heteroatoms. The first-order chi connectivity index (χ1) is 18.3. The summed E-state index contributed by atoms with van der Waals surface area (Å²) in [6.07, 6.45) is 0. The van der Waals surface area contributed by atoms with Crippen LogP contribution in [0, 0.1) is 5.92 Å². The van der Waals surface area contributed by atoms with Crippen LogP contribution in [0.3, 0.4) is 0 Å². The van der Waals surface area contributed by atoms with Crippen molar-refractivity contribution in [2.75, 3.05) is 4.90 Å². The van der Waals surface area contributed by atoms with Gasteiger partial charge in [-0.15, -0.1) is 0 Å². The fourth-order valence-electron chi connectivity index (χ4n) is 4.83. The lowest BCUT2D eigenvalue weighted by atomic mass is 9.82. The van der Waals surface area contributed by atoms with Crippen molar-refractivity contribution in [1.29, 1.82) is 0 Å². The van der Waals surface area contributed by atoms with Gasteiger partial charge in [-0.25, -0.2) is 4.90 Å². The minimum Gasteiger partial charge on any atom is -0.489 e. The van der Waals surface area contributed by atoms with Gasteiger partial charge in [0.2, 0.25) is 11.8 Å². The summed E-state index contributed by atoms with van der Waals surface area (Å²) in [5.74, 6) is -1.57. The molecular weight excluding hydrogens is 587 g/mol. The van der Waals surface area contributed by atoms with E-state index in [1.807, 2.05) is 12.1 Å². The number of carbonyl (C=O) groups excluding carboxylic acids is 2. The van der Waals surface area contributed by atoms with Crippen LogP contribution in [0.4, 0.5) is 5.69 Å². The fourth-order valence-corrected chi connectivity index (χ4v) is 7.77. The molecule has 0 aliphatic carbocycles. The van der Waals surface area contributed by atoms with Crippen molar-refractivity contribution in [2.24, 2.45) is 5.92 Å². The number of hydrogen-bond acceptors (Lipinski definition) is 6. The first-order valence-corrected chi connectivity index (χ1v) is 14.3. The Balaban J connectivity index is 1.44. The Morgan fingerprint density at radius 3 is 2.21 bits per heavy atom. The number of rotatable bonds is 5. The topological polar surface area (TPSA) is 79.5 Å². The van der Waals surface area contributed by atoms with Crippen LogP contribution in [-0.2, 0) is 16.2 Å². The highest BCUT2D eigenvalue weighted by atomic mass is 35.5. The van der Waals surface area contributed by atoms with Gasteiger partial charge in [-0.2, -0.15) is 0 Å². The number of amides is 2. The van der Waals surface area contributed by atoms with E-state index in [4.69, 9.17) is 39.5 Å². The number of aromatic amines is 1. The molecule has 2 unspecified atom stereocenters. The molecule has 1 N–H and O–H groups in total. The average Bonchev–Trinajstić information content (AvgIpc) is 3.39. The number of nitrogens with one attached hydrogen (secondary N) is 1. The Kier molecular flexibility index (Phi) is 6.78. The van der Waals surface area contributed by atoms with Gasteiger partial charge in [0.1, 0.15) is 17.6 Å². The molecule has 2 amide bonds. The van der Waals surface area contributed by atoms with Crippen LogP contribution in [0.5, 0.6) is 5.75 Å². The molecule has 3 heterocycles. The monoisotopic (exact) mass is 602 g/mol. The second kappa shape index (κ2) is 10.1. The Labute approximate surface area is 240 Å². The highest BCUT2D eigenvalue weighted by Crippen LogP contribution is 2.54. The van der Waals surface area contributed by atoms with Gasteiger partial charge in [-0.1, -0.05) is 70.0 Å². The first kappa shape index (κ1) is 25.5. The smallest absolute Gasteiger partial charge is 0.305 e. The first-order valence-electron chi connectivity index (χ1n) is 11.5. The molecule has 0 bridgehead atoms. The van der Waals surface area contributed by atoms with E-state index in [0.717, 1.165) is 16.9 Å². The third-order valence-electron chi connectivity index (χ3n) is 6.52. The lowest BCUT2D eigenvalue weighted by molar-refractivity contribution is -0.122. The van der Waals surface area contributed by atoms with Crippen LogP contribution in [0.15, 0.2) is 76.6 Å². The third-order valence-corrected chi connectivity index (χ3v) is 9.66. The molecule has 2 aliphatic rings. The maximum Gasteiger partial charge on any atom is 0.305 e. The van der Waals surface area contributed by atoms with Gasteiger partial charge in [-0.3, -0.25) is 14.4 Å². The number of imide groups is 1. The summed E-state index contributed by atoms with van der Waals surface area (Å²) in [6, 6.07) is 19.1. The van der Waals surface area contributed by atoms with Gasteiger partial charge in [0.25, 0.3) is 0 Å². The van der Waals surface area contributed by atoms with Gasteiger partial charge in [-0.05, 0) is 60.2 Å². The number of benzene rings is 3. The quantitative estimate of drug-likeness (QED) is 0.255. The van der Waals surface area contributed by atoms with E-state index >= 15 is 0 Å². The molecule has 6 rings (SSSR count). The Hall–Kier alpha value is -2.75. The molecule has 0 spiro atoms. The zero-order valence-electron chi connectivity index (χ0n) is 19.3. The van der Waals surface area contributed by atoms with E-state index in [-0.39, 0.29) is 23.3 Å². The lowest BCUT2D eigenvalue weighted by Crippen LogP contribution is -2.32. The average molecular weight is 604 g/mol. The van der Waals surface area contributed by atoms with Crippen LogP contribution in [0.1, 0.15) is 21.9 Å². The summed E-state index contributed by atoms with van der Waals surface area (Å²) in [5.41, 5.74) is 1.98. The molecule has 192 valence electrons. The number of carbonyl (C=O) groups is 2. The van der Waals surface area contributed by atoms with E-state index in [1.54, 1.807) is 54.6 Å². The molecule has 1 aromatic heterocycles. The number of thiazole rings is 1. The molecule has 4 aromatic rings. The summed E-state index contributed by atoms with van der Waals surface area (Å²) in [4.78, 5) is 44.4. The number of H-pyrrole nitrogens is 1. The Morgan fingerprint density at radius 2 is 1.50 bits per heavy atom. The third kappa shape index (κ3) is 4.54. The van der Waals surface area contributed by atoms with Gasteiger partial charge in [0, 0.05) is 31.4 Å². The number of ether oxygens (including phenoxy) is 1. The van der Waals surface area contributed by atoms with Gasteiger partial charge < -0.3 is 9.72 Å². The molecule has 2 aliphatic heterocycles. The van der Waals surface area contributed by atoms with E-state index in [2.05, 4.69) is 4.98 Å². The molecule has 38 heavy (non-hydrogen) atoms. The Morgan fingerprint density at radius 1 is 0.842 bits per heavy atom. The van der Waals surface area contributed by atoms with Crippen LogP contribution in [-0.4, -0.2) is 22.0 Å². The summed E-state index contributed by atoms with van der Waals surface area (Å²) in [7, 11) is 0. The van der Waals surface area contributed by atoms with E-state index in [0.29, 0.717) is 42.0 Å². The van der Waals surface area contributed by atoms with Crippen molar-refractivity contribution in [1.82, 2.24) is 4.98 Å². The predicted molar refractivity (Wildman–Crippen MR) is 151 cm³/mol. The van der Waals surface area contributed by atoms with E-state index in [9.17, 15) is 14.4 Å². The zero-order chi connectivity index (χ0) is 26.6. The molecule has 0 radical (unpaired) electrons. The normalized spacial score (nSPS) is 20.4. The second-order valence-corrected chi connectivity index (χ2v) is 12.3. The number of halogens is 3. The van der Waals surface area contributed by atoms with Crippen LogP contribution < -0.4 is 14.5 Å². The van der Waals surface area contributed by atoms with Crippen LogP contribution in [0.25, 0.3) is 0 Å². The second-order valence-electron chi connectivity index (χ2n) is 8.84. The SMILES string of the molecule is O=C1C2Sc3[nH]c(=O)sc3[C@H](c3cc(Cl)ccc3OCc3ccc(Cl)cc3)C2C(=O)N1c1ccc(Cl)cc1. The maximum absolute atomic E-state index is 13.9. The van der Waals surface area contributed by atoms with Gasteiger partial charge >= 0.3 is 4.87 Å². The minimum absolute atomic E-state index is 0.251. The summed E-state index contributed by atoms with van der Waals surface area (Å²) in [5, 5.41) is 1.41. The highest BCUT2D eigenvalue weighted by Gasteiger charge is 2.56. The van der Waals surface area contributed by atoms with Crippen molar-refractivity contribution in [3.8, 4) is 5.75 Å². The van der Waals surface area contributed by atoms with Crippen molar-refractivity contribution in [3.05, 3.63) is 107 Å². The zero-order valence-corrected chi connectivity index (χ0v) is 23.2. The van der Waals surface area contributed by atoms with Gasteiger partial charge in [0.05, 0.1) is 16.6 Å².